The molecular formula is C21H22ClFN4O4. The minimum atomic E-state index is -0.561. The number of fused-ring (bicyclic) bond motifs is 1. The van der Waals surface area contributed by atoms with Crippen LogP contribution < -0.4 is 0 Å². The third-order valence-electron chi connectivity index (χ3n) is 6.12. The lowest BCUT2D eigenvalue weighted by Crippen LogP contribution is -2.47. The van der Waals surface area contributed by atoms with Crippen LogP contribution in [0.25, 0.3) is 0 Å². The molecule has 0 unspecified atom stereocenters. The van der Waals surface area contributed by atoms with Crippen molar-refractivity contribution in [2.75, 3.05) is 32.8 Å². The quantitative estimate of drug-likeness (QED) is 0.720. The number of amides is 2. The van der Waals surface area contributed by atoms with Crippen molar-refractivity contribution in [3.05, 3.63) is 52.1 Å². The molecule has 3 aliphatic rings. The highest BCUT2D eigenvalue weighted by atomic mass is 35.5. The predicted octanol–water partition coefficient (Wildman–Crippen LogP) is 2.31. The highest BCUT2D eigenvalue weighted by molar-refractivity contribution is 6.31. The minimum absolute atomic E-state index is 0.0625. The molecule has 164 valence electrons. The van der Waals surface area contributed by atoms with E-state index in [1.807, 2.05) is 0 Å². The van der Waals surface area contributed by atoms with Gasteiger partial charge in [-0.1, -0.05) is 17.7 Å². The van der Waals surface area contributed by atoms with Crippen molar-refractivity contribution < 1.29 is 23.5 Å². The molecule has 2 fully saturated rings. The fourth-order valence-corrected chi connectivity index (χ4v) is 4.59. The molecule has 2 aromatic rings. The average Bonchev–Trinajstić information content (AvgIpc) is 3.40. The summed E-state index contributed by atoms with van der Waals surface area (Å²) in [5, 5.41) is 4.64. The molecule has 31 heavy (non-hydrogen) atoms. The fraction of sp³-hybridized carbons (Fsp3) is 0.476. The minimum Gasteiger partial charge on any atom is -0.347 e. The molecule has 0 atom stereocenters. The lowest BCUT2D eigenvalue weighted by atomic mass is 10.0. The van der Waals surface area contributed by atoms with Crippen molar-refractivity contribution in [3.63, 3.8) is 0 Å². The summed E-state index contributed by atoms with van der Waals surface area (Å²) in [5.74, 6) is -1.53. The Morgan fingerprint density at radius 2 is 1.90 bits per heavy atom. The van der Waals surface area contributed by atoms with E-state index >= 15 is 0 Å². The van der Waals surface area contributed by atoms with Crippen LogP contribution in [-0.2, 0) is 22.6 Å². The van der Waals surface area contributed by atoms with Crippen LogP contribution in [0.5, 0.6) is 0 Å². The van der Waals surface area contributed by atoms with Gasteiger partial charge in [-0.15, -0.1) is 0 Å². The Kier molecular flexibility index (Phi) is 5.19. The molecule has 0 saturated carbocycles. The molecule has 1 spiro atoms. The van der Waals surface area contributed by atoms with E-state index in [-0.39, 0.29) is 34.6 Å². The summed E-state index contributed by atoms with van der Waals surface area (Å²) in [6.45, 7) is 3.02. The lowest BCUT2D eigenvalue weighted by molar-refractivity contribution is -0.181. The number of halogens is 2. The number of nitrogens with zero attached hydrogens (tertiary/aromatic N) is 4. The Morgan fingerprint density at radius 3 is 2.61 bits per heavy atom. The number of carbonyl (C=O) groups is 2. The normalized spacial score (nSPS) is 20.4. The van der Waals surface area contributed by atoms with Gasteiger partial charge >= 0.3 is 0 Å². The molecule has 0 radical (unpaired) electrons. The van der Waals surface area contributed by atoms with Gasteiger partial charge in [0, 0.05) is 49.1 Å². The first-order valence-corrected chi connectivity index (χ1v) is 10.7. The van der Waals surface area contributed by atoms with E-state index in [0.29, 0.717) is 57.9 Å². The maximum atomic E-state index is 14.1. The standard InChI is InChI=1S/C21H22ClFN4O4/c22-15-2-1-3-16(23)14(15)13-26-8-9-27-18(20(26)29)12-17(24-27)19(28)25-6-4-21(5-7-25)30-10-11-31-21/h1-3,12H,4-11,13H2. The third-order valence-corrected chi connectivity index (χ3v) is 6.48. The largest absolute Gasteiger partial charge is 0.347 e. The number of rotatable bonds is 3. The van der Waals surface area contributed by atoms with Crippen molar-refractivity contribution in [2.45, 2.75) is 31.7 Å². The number of benzene rings is 1. The number of hydrogen-bond donors (Lipinski definition) is 0. The van der Waals surface area contributed by atoms with E-state index in [4.69, 9.17) is 21.1 Å². The molecule has 0 aliphatic carbocycles. The van der Waals surface area contributed by atoms with Crippen molar-refractivity contribution in [1.29, 1.82) is 0 Å². The molecule has 5 rings (SSSR count). The van der Waals surface area contributed by atoms with Crippen molar-refractivity contribution in [2.24, 2.45) is 0 Å². The molecule has 3 aliphatic heterocycles. The van der Waals surface area contributed by atoms with Crippen molar-refractivity contribution in [3.8, 4) is 0 Å². The SMILES string of the molecule is O=C(c1cc2n(n1)CCN(Cc1c(F)cccc1Cl)C2=O)N1CCC2(CC1)OCCO2. The Labute approximate surface area is 183 Å². The van der Waals surface area contributed by atoms with Gasteiger partial charge in [-0.25, -0.2) is 4.39 Å². The first kappa shape index (κ1) is 20.4. The van der Waals surface area contributed by atoms with E-state index in [1.165, 1.54) is 23.1 Å². The van der Waals surface area contributed by atoms with E-state index in [1.54, 1.807) is 15.6 Å². The molecule has 0 bridgehead atoms. The fourth-order valence-electron chi connectivity index (χ4n) is 4.37. The van der Waals surface area contributed by atoms with Crippen molar-refractivity contribution in [1.82, 2.24) is 19.6 Å². The average molecular weight is 449 g/mol. The van der Waals surface area contributed by atoms with Gasteiger partial charge in [-0.3, -0.25) is 14.3 Å². The van der Waals surface area contributed by atoms with E-state index in [0.717, 1.165) is 0 Å². The maximum Gasteiger partial charge on any atom is 0.274 e. The van der Waals surface area contributed by atoms with E-state index < -0.39 is 11.6 Å². The van der Waals surface area contributed by atoms with Crippen LogP contribution in [0, 0.1) is 5.82 Å². The number of piperidine rings is 1. The van der Waals surface area contributed by atoms with Gasteiger partial charge in [-0.05, 0) is 12.1 Å². The second kappa shape index (κ2) is 7.89. The number of carbonyl (C=O) groups excluding carboxylic acids is 2. The maximum absolute atomic E-state index is 14.1. The Morgan fingerprint density at radius 1 is 1.16 bits per heavy atom. The van der Waals surface area contributed by atoms with Gasteiger partial charge in [-0.2, -0.15) is 5.10 Å². The summed E-state index contributed by atoms with van der Waals surface area (Å²) in [5.41, 5.74) is 0.830. The van der Waals surface area contributed by atoms with E-state index in [2.05, 4.69) is 5.10 Å². The Balaban J connectivity index is 1.29. The number of aromatic nitrogens is 2. The summed E-state index contributed by atoms with van der Waals surface area (Å²) in [6, 6.07) is 5.97. The summed E-state index contributed by atoms with van der Waals surface area (Å²) in [6.07, 6.45) is 1.23. The second-order valence-corrected chi connectivity index (χ2v) is 8.37. The first-order chi connectivity index (χ1) is 15.0. The van der Waals surface area contributed by atoms with Crippen LogP contribution in [0.1, 0.15) is 39.4 Å². The van der Waals surface area contributed by atoms with Gasteiger partial charge in [0.15, 0.2) is 11.5 Å². The first-order valence-electron chi connectivity index (χ1n) is 10.3. The molecule has 8 nitrogen and oxygen atoms in total. The summed E-state index contributed by atoms with van der Waals surface area (Å²) < 4.78 is 27.1. The van der Waals surface area contributed by atoms with Crippen LogP contribution in [0.15, 0.2) is 24.3 Å². The Bertz CT molecular complexity index is 1010. The van der Waals surface area contributed by atoms with Crippen LogP contribution in [-0.4, -0.2) is 70.0 Å². The van der Waals surface area contributed by atoms with Crippen LogP contribution in [0.4, 0.5) is 4.39 Å². The molecule has 0 N–H and O–H groups in total. The van der Waals surface area contributed by atoms with Gasteiger partial charge in [0.2, 0.25) is 0 Å². The van der Waals surface area contributed by atoms with Crippen molar-refractivity contribution >= 4 is 23.4 Å². The summed E-state index contributed by atoms with van der Waals surface area (Å²) in [7, 11) is 0. The van der Waals surface area contributed by atoms with Crippen LogP contribution >= 0.6 is 11.6 Å². The number of ether oxygens (including phenoxy) is 2. The van der Waals surface area contributed by atoms with Crippen LogP contribution in [0.2, 0.25) is 5.02 Å². The van der Waals surface area contributed by atoms with Gasteiger partial charge in [0.05, 0.1) is 26.3 Å². The molecule has 1 aromatic carbocycles. The number of hydrogen-bond acceptors (Lipinski definition) is 5. The summed E-state index contributed by atoms with van der Waals surface area (Å²) in [4.78, 5) is 29.2. The smallest absolute Gasteiger partial charge is 0.274 e. The van der Waals surface area contributed by atoms with Crippen LogP contribution in [0.3, 0.4) is 0 Å². The van der Waals surface area contributed by atoms with E-state index in [9.17, 15) is 14.0 Å². The zero-order valence-corrected chi connectivity index (χ0v) is 17.6. The lowest BCUT2D eigenvalue weighted by Gasteiger charge is -2.37. The predicted molar refractivity (Wildman–Crippen MR) is 108 cm³/mol. The molecule has 4 heterocycles. The molecule has 10 heteroatoms. The summed E-state index contributed by atoms with van der Waals surface area (Å²) >= 11 is 6.11. The molecule has 2 saturated heterocycles. The molecule has 2 amide bonds. The topological polar surface area (TPSA) is 76.9 Å². The zero-order chi connectivity index (χ0) is 21.6. The second-order valence-electron chi connectivity index (χ2n) is 7.96. The van der Waals surface area contributed by atoms with Gasteiger partial charge in [0.1, 0.15) is 11.5 Å². The number of likely N-dealkylation sites (tertiary alicyclic amines) is 1. The van der Waals surface area contributed by atoms with Gasteiger partial charge in [0.25, 0.3) is 11.8 Å². The highest BCUT2D eigenvalue weighted by Crippen LogP contribution is 2.32. The zero-order valence-electron chi connectivity index (χ0n) is 16.9. The Hall–Kier alpha value is -2.49. The molecule has 1 aromatic heterocycles. The molecular weight excluding hydrogens is 427 g/mol. The monoisotopic (exact) mass is 448 g/mol. The highest BCUT2D eigenvalue weighted by Gasteiger charge is 2.41. The van der Waals surface area contributed by atoms with Gasteiger partial charge < -0.3 is 19.3 Å². The third kappa shape index (κ3) is 3.71.